The SMILES string of the molecule is CCc1ccc(C(=O)Nc2cc(Cl)ccn2)cc1. The minimum atomic E-state index is -0.188. The molecule has 0 unspecified atom stereocenters. The van der Waals surface area contributed by atoms with E-state index >= 15 is 0 Å². The molecule has 2 aromatic rings. The molecule has 0 bridgehead atoms. The molecule has 1 N–H and O–H groups in total. The Balaban J connectivity index is 2.11. The normalized spacial score (nSPS) is 10.1. The summed E-state index contributed by atoms with van der Waals surface area (Å²) in [5.74, 6) is 0.263. The summed E-state index contributed by atoms with van der Waals surface area (Å²) in [4.78, 5) is 16.0. The summed E-state index contributed by atoms with van der Waals surface area (Å²) in [5, 5.41) is 3.25. The Morgan fingerprint density at radius 3 is 2.61 bits per heavy atom. The zero-order valence-electron chi connectivity index (χ0n) is 9.98. The van der Waals surface area contributed by atoms with Gasteiger partial charge in [-0.05, 0) is 36.2 Å². The first kappa shape index (κ1) is 12.6. The Bertz CT molecular complexity index is 552. The summed E-state index contributed by atoms with van der Waals surface area (Å²) in [7, 11) is 0. The van der Waals surface area contributed by atoms with Gasteiger partial charge in [0.05, 0.1) is 0 Å². The van der Waals surface area contributed by atoms with Crippen LogP contribution in [0.1, 0.15) is 22.8 Å². The highest BCUT2D eigenvalue weighted by molar-refractivity contribution is 6.30. The number of anilines is 1. The number of carbonyl (C=O) groups is 1. The molecule has 0 spiro atoms. The highest BCUT2D eigenvalue weighted by Crippen LogP contribution is 2.13. The number of hydrogen-bond donors (Lipinski definition) is 1. The minimum absolute atomic E-state index is 0.188. The second kappa shape index (κ2) is 5.65. The van der Waals surface area contributed by atoms with Gasteiger partial charge in [0.25, 0.3) is 5.91 Å². The van der Waals surface area contributed by atoms with E-state index < -0.39 is 0 Å². The topological polar surface area (TPSA) is 42.0 Å². The Hall–Kier alpha value is -1.87. The molecule has 18 heavy (non-hydrogen) atoms. The van der Waals surface area contributed by atoms with Crippen molar-refractivity contribution in [2.75, 3.05) is 5.32 Å². The first-order chi connectivity index (χ1) is 8.69. The van der Waals surface area contributed by atoms with Gasteiger partial charge in [0.2, 0.25) is 0 Å². The third-order valence-electron chi connectivity index (χ3n) is 2.59. The molecule has 0 radical (unpaired) electrons. The van der Waals surface area contributed by atoms with Crippen LogP contribution in [0.15, 0.2) is 42.6 Å². The number of halogens is 1. The second-order valence-corrected chi connectivity index (χ2v) is 4.30. The molecule has 0 aliphatic heterocycles. The van der Waals surface area contributed by atoms with Gasteiger partial charge in [-0.25, -0.2) is 4.98 Å². The Morgan fingerprint density at radius 2 is 2.00 bits per heavy atom. The average molecular weight is 261 g/mol. The number of hydrogen-bond acceptors (Lipinski definition) is 2. The van der Waals surface area contributed by atoms with Crippen LogP contribution in [0.3, 0.4) is 0 Å². The molecule has 1 heterocycles. The molecular weight excluding hydrogens is 248 g/mol. The van der Waals surface area contributed by atoms with Crippen molar-refractivity contribution in [3.8, 4) is 0 Å². The van der Waals surface area contributed by atoms with Crippen molar-refractivity contribution >= 4 is 23.3 Å². The van der Waals surface area contributed by atoms with Crippen LogP contribution < -0.4 is 5.32 Å². The van der Waals surface area contributed by atoms with Crippen LogP contribution in [0.2, 0.25) is 5.02 Å². The van der Waals surface area contributed by atoms with Gasteiger partial charge in [0, 0.05) is 16.8 Å². The van der Waals surface area contributed by atoms with Gasteiger partial charge in [0.1, 0.15) is 5.82 Å². The molecular formula is C14H13ClN2O. The molecule has 0 saturated heterocycles. The van der Waals surface area contributed by atoms with Gasteiger partial charge >= 0.3 is 0 Å². The van der Waals surface area contributed by atoms with Gasteiger partial charge < -0.3 is 5.32 Å². The lowest BCUT2D eigenvalue weighted by Crippen LogP contribution is -2.12. The lowest BCUT2D eigenvalue weighted by Gasteiger charge is -2.05. The molecule has 1 amide bonds. The molecule has 2 rings (SSSR count). The predicted molar refractivity (Wildman–Crippen MR) is 73.0 cm³/mol. The first-order valence-corrected chi connectivity index (χ1v) is 6.08. The fourth-order valence-electron chi connectivity index (χ4n) is 1.55. The highest BCUT2D eigenvalue weighted by Gasteiger charge is 2.06. The molecule has 0 saturated carbocycles. The van der Waals surface area contributed by atoms with Gasteiger partial charge in [-0.3, -0.25) is 4.79 Å². The monoisotopic (exact) mass is 260 g/mol. The Labute approximate surface area is 111 Å². The third kappa shape index (κ3) is 3.08. The third-order valence-corrected chi connectivity index (χ3v) is 2.82. The van der Waals surface area contributed by atoms with E-state index in [4.69, 9.17) is 11.6 Å². The molecule has 3 nitrogen and oxygen atoms in total. The molecule has 0 fully saturated rings. The maximum atomic E-state index is 11.9. The number of aromatic nitrogens is 1. The molecule has 1 aromatic heterocycles. The summed E-state index contributed by atoms with van der Waals surface area (Å²) < 4.78 is 0. The zero-order valence-corrected chi connectivity index (χ0v) is 10.7. The quantitative estimate of drug-likeness (QED) is 0.917. The molecule has 92 valence electrons. The fourth-order valence-corrected chi connectivity index (χ4v) is 1.71. The fraction of sp³-hybridized carbons (Fsp3) is 0.143. The maximum absolute atomic E-state index is 11.9. The van der Waals surface area contributed by atoms with Crippen LogP contribution in [-0.4, -0.2) is 10.9 Å². The van der Waals surface area contributed by atoms with Crippen molar-refractivity contribution in [2.24, 2.45) is 0 Å². The van der Waals surface area contributed by atoms with Gasteiger partial charge in [-0.1, -0.05) is 30.7 Å². The van der Waals surface area contributed by atoms with E-state index in [0.717, 1.165) is 6.42 Å². The lowest BCUT2D eigenvalue weighted by atomic mass is 10.1. The molecule has 0 aliphatic rings. The van der Waals surface area contributed by atoms with Crippen LogP contribution in [0.5, 0.6) is 0 Å². The second-order valence-electron chi connectivity index (χ2n) is 3.86. The molecule has 1 aromatic carbocycles. The van der Waals surface area contributed by atoms with Crippen molar-refractivity contribution in [3.05, 3.63) is 58.7 Å². The zero-order chi connectivity index (χ0) is 13.0. The number of benzene rings is 1. The van der Waals surface area contributed by atoms with Crippen molar-refractivity contribution in [1.82, 2.24) is 4.98 Å². The van der Waals surface area contributed by atoms with Crippen molar-refractivity contribution < 1.29 is 4.79 Å². The average Bonchev–Trinajstić information content (AvgIpc) is 2.39. The van der Waals surface area contributed by atoms with Crippen molar-refractivity contribution in [1.29, 1.82) is 0 Å². The molecule has 0 aliphatic carbocycles. The Kier molecular flexibility index (Phi) is 3.95. The number of rotatable bonds is 3. The number of nitrogens with one attached hydrogen (secondary N) is 1. The van der Waals surface area contributed by atoms with E-state index in [2.05, 4.69) is 17.2 Å². The number of aryl methyl sites for hydroxylation is 1. The minimum Gasteiger partial charge on any atom is -0.307 e. The standard InChI is InChI=1S/C14H13ClN2O/c1-2-10-3-5-11(6-4-10)14(18)17-13-9-12(15)7-8-16-13/h3-9H,2H2,1H3,(H,16,17,18). The Morgan fingerprint density at radius 1 is 1.28 bits per heavy atom. The van der Waals surface area contributed by atoms with Crippen LogP contribution in [0.25, 0.3) is 0 Å². The van der Waals surface area contributed by atoms with Crippen LogP contribution >= 0.6 is 11.6 Å². The summed E-state index contributed by atoms with van der Waals surface area (Å²) >= 11 is 5.82. The summed E-state index contributed by atoms with van der Waals surface area (Å²) in [6.45, 7) is 2.07. The van der Waals surface area contributed by atoms with Crippen molar-refractivity contribution in [3.63, 3.8) is 0 Å². The van der Waals surface area contributed by atoms with E-state index in [1.807, 2.05) is 12.1 Å². The first-order valence-electron chi connectivity index (χ1n) is 5.71. The number of carbonyl (C=O) groups excluding carboxylic acids is 1. The van der Waals surface area contributed by atoms with Gasteiger partial charge in [0.15, 0.2) is 0 Å². The smallest absolute Gasteiger partial charge is 0.256 e. The van der Waals surface area contributed by atoms with E-state index in [1.54, 1.807) is 30.5 Å². The van der Waals surface area contributed by atoms with E-state index in [0.29, 0.717) is 16.4 Å². The summed E-state index contributed by atoms with van der Waals surface area (Å²) in [6, 6.07) is 10.8. The van der Waals surface area contributed by atoms with Crippen molar-refractivity contribution in [2.45, 2.75) is 13.3 Å². The number of pyridine rings is 1. The number of amides is 1. The van der Waals surface area contributed by atoms with Crippen LogP contribution in [0, 0.1) is 0 Å². The predicted octanol–water partition coefficient (Wildman–Crippen LogP) is 3.55. The molecule has 4 heteroatoms. The summed E-state index contributed by atoms with van der Waals surface area (Å²) in [5.41, 5.74) is 1.81. The maximum Gasteiger partial charge on any atom is 0.256 e. The largest absolute Gasteiger partial charge is 0.307 e. The molecule has 0 atom stereocenters. The summed E-state index contributed by atoms with van der Waals surface area (Å²) in [6.07, 6.45) is 2.51. The van der Waals surface area contributed by atoms with E-state index in [9.17, 15) is 4.79 Å². The highest BCUT2D eigenvalue weighted by atomic mass is 35.5. The number of nitrogens with zero attached hydrogens (tertiary/aromatic N) is 1. The van der Waals surface area contributed by atoms with E-state index in [1.165, 1.54) is 5.56 Å². The van der Waals surface area contributed by atoms with Gasteiger partial charge in [-0.2, -0.15) is 0 Å². The lowest BCUT2D eigenvalue weighted by molar-refractivity contribution is 0.102. The van der Waals surface area contributed by atoms with Crippen LogP contribution in [0.4, 0.5) is 5.82 Å². The van der Waals surface area contributed by atoms with Crippen LogP contribution in [-0.2, 0) is 6.42 Å². The van der Waals surface area contributed by atoms with Gasteiger partial charge in [-0.15, -0.1) is 0 Å². The van der Waals surface area contributed by atoms with E-state index in [-0.39, 0.29) is 5.91 Å².